The molecule has 2 aromatic rings. The fourth-order valence-electron chi connectivity index (χ4n) is 1.90. The second-order valence-electron chi connectivity index (χ2n) is 4.80. The molecule has 0 unspecified atom stereocenters. The van der Waals surface area contributed by atoms with Gasteiger partial charge < -0.3 is 14.8 Å². The molecule has 1 N–H and O–H groups in total. The number of amides is 1. The van der Waals surface area contributed by atoms with Crippen LogP contribution in [0.2, 0.25) is 0 Å². The molecule has 0 fully saturated rings. The van der Waals surface area contributed by atoms with Crippen molar-refractivity contribution in [3.8, 4) is 17.6 Å². The molecular formula is C16H11F3N2O4S. The molecule has 10 heteroatoms. The second kappa shape index (κ2) is 7.88. The minimum atomic E-state index is -4.63. The molecule has 0 aliphatic heterocycles. The second-order valence-corrected chi connectivity index (χ2v) is 5.72. The Morgan fingerprint density at radius 3 is 2.62 bits per heavy atom. The molecule has 1 amide bonds. The lowest BCUT2D eigenvalue weighted by atomic mass is 10.1. The van der Waals surface area contributed by atoms with E-state index in [0.717, 1.165) is 23.5 Å². The standard InChI is InChI=1S/C16H11F3N2O4S/c1-24-15(23)14-12(5-7-26-14)25-11-3-2-9(16(17,18)19)8-10(11)21-13(22)4-6-20/h2-3,5,7-8H,4H2,1H3,(H,21,22). The molecule has 6 nitrogen and oxygen atoms in total. The number of hydrogen-bond donors (Lipinski definition) is 1. The first-order valence-electron chi connectivity index (χ1n) is 6.98. The number of anilines is 1. The third kappa shape index (κ3) is 4.52. The largest absolute Gasteiger partial charge is 0.465 e. The number of nitrogens with zero attached hydrogens (tertiary/aromatic N) is 1. The molecule has 1 heterocycles. The molecular weight excluding hydrogens is 373 g/mol. The van der Waals surface area contributed by atoms with Gasteiger partial charge in [0.1, 0.15) is 6.42 Å². The number of rotatable bonds is 5. The topological polar surface area (TPSA) is 88.4 Å². The molecule has 0 spiro atoms. The van der Waals surface area contributed by atoms with Crippen molar-refractivity contribution in [3.05, 3.63) is 40.1 Å². The Hall–Kier alpha value is -3.06. The average Bonchev–Trinajstić information content (AvgIpc) is 3.03. The summed E-state index contributed by atoms with van der Waals surface area (Å²) in [7, 11) is 1.18. The molecule has 1 aromatic carbocycles. The van der Waals surface area contributed by atoms with Gasteiger partial charge in [0.2, 0.25) is 5.91 Å². The van der Waals surface area contributed by atoms with Crippen LogP contribution in [-0.4, -0.2) is 19.0 Å². The minimum Gasteiger partial charge on any atom is -0.465 e. The Morgan fingerprint density at radius 2 is 2.00 bits per heavy atom. The number of carbonyl (C=O) groups excluding carboxylic acids is 2. The molecule has 0 saturated carbocycles. The highest BCUT2D eigenvalue weighted by Gasteiger charge is 2.31. The highest BCUT2D eigenvalue weighted by Crippen LogP contribution is 2.38. The van der Waals surface area contributed by atoms with Crippen molar-refractivity contribution >= 4 is 28.9 Å². The Bertz CT molecular complexity index is 871. The fourth-order valence-corrected chi connectivity index (χ4v) is 2.63. The van der Waals surface area contributed by atoms with E-state index < -0.39 is 30.0 Å². The first-order valence-corrected chi connectivity index (χ1v) is 7.86. The van der Waals surface area contributed by atoms with Gasteiger partial charge in [0.25, 0.3) is 0 Å². The number of halogens is 3. The summed E-state index contributed by atoms with van der Waals surface area (Å²) in [5.74, 6) is -1.52. The molecule has 0 bridgehead atoms. The van der Waals surface area contributed by atoms with E-state index in [9.17, 15) is 22.8 Å². The van der Waals surface area contributed by atoms with Crippen LogP contribution in [0.15, 0.2) is 29.6 Å². The van der Waals surface area contributed by atoms with Gasteiger partial charge in [-0.1, -0.05) is 0 Å². The third-order valence-electron chi connectivity index (χ3n) is 3.04. The summed E-state index contributed by atoms with van der Waals surface area (Å²) in [6, 6.07) is 5.52. The first-order chi connectivity index (χ1) is 12.3. The maximum absolute atomic E-state index is 12.9. The van der Waals surface area contributed by atoms with E-state index in [1.807, 2.05) is 0 Å². The Kier molecular flexibility index (Phi) is 5.84. The van der Waals surface area contributed by atoms with E-state index in [-0.39, 0.29) is 22.1 Å². The molecule has 2 rings (SSSR count). The third-order valence-corrected chi connectivity index (χ3v) is 3.92. The predicted molar refractivity (Wildman–Crippen MR) is 86.0 cm³/mol. The Morgan fingerprint density at radius 1 is 1.27 bits per heavy atom. The van der Waals surface area contributed by atoms with E-state index in [4.69, 9.17) is 10.00 Å². The predicted octanol–water partition coefficient (Wildman–Crippen LogP) is 4.20. The van der Waals surface area contributed by atoms with Crippen LogP contribution in [0.3, 0.4) is 0 Å². The number of nitrogens with one attached hydrogen (secondary N) is 1. The summed E-state index contributed by atoms with van der Waals surface area (Å²) in [6.07, 6.45) is -5.17. The van der Waals surface area contributed by atoms with Gasteiger partial charge in [-0.05, 0) is 29.6 Å². The molecule has 1 aromatic heterocycles. The monoisotopic (exact) mass is 384 g/mol. The summed E-state index contributed by atoms with van der Waals surface area (Å²) in [5, 5.41) is 12.3. The van der Waals surface area contributed by atoms with Crippen LogP contribution in [0.5, 0.6) is 11.5 Å². The number of alkyl halides is 3. The zero-order valence-corrected chi connectivity index (χ0v) is 14.0. The lowest BCUT2D eigenvalue weighted by Crippen LogP contribution is -2.13. The number of benzene rings is 1. The van der Waals surface area contributed by atoms with Crippen LogP contribution in [-0.2, 0) is 15.7 Å². The van der Waals surface area contributed by atoms with Gasteiger partial charge in [-0.15, -0.1) is 11.3 Å². The Labute approximate surface area is 149 Å². The normalized spacial score (nSPS) is 10.7. The van der Waals surface area contributed by atoms with Gasteiger partial charge in [-0.25, -0.2) is 4.79 Å². The smallest absolute Gasteiger partial charge is 0.416 e. The quantitative estimate of drug-likeness (QED) is 0.781. The number of methoxy groups -OCH3 is 1. The van der Waals surface area contributed by atoms with Gasteiger partial charge in [0, 0.05) is 0 Å². The average molecular weight is 384 g/mol. The van der Waals surface area contributed by atoms with Gasteiger partial charge in [-0.3, -0.25) is 4.79 Å². The summed E-state index contributed by atoms with van der Waals surface area (Å²) in [4.78, 5) is 23.4. The maximum Gasteiger partial charge on any atom is 0.416 e. The maximum atomic E-state index is 12.9. The van der Waals surface area contributed by atoms with Crippen molar-refractivity contribution in [2.45, 2.75) is 12.6 Å². The van der Waals surface area contributed by atoms with Crippen molar-refractivity contribution in [2.75, 3.05) is 12.4 Å². The van der Waals surface area contributed by atoms with E-state index in [1.54, 1.807) is 11.4 Å². The highest BCUT2D eigenvalue weighted by molar-refractivity contribution is 7.12. The number of esters is 1. The SMILES string of the molecule is COC(=O)c1sccc1Oc1ccc(C(F)(F)F)cc1NC(=O)CC#N. The summed E-state index contributed by atoms with van der Waals surface area (Å²) >= 11 is 1.03. The van der Waals surface area contributed by atoms with Crippen molar-refractivity contribution in [1.82, 2.24) is 0 Å². The molecule has 136 valence electrons. The first kappa shape index (κ1) is 19.3. The van der Waals surface area contributed by atoms with Crippen molar-refractivity contribution in [3.63, 3.8) is 0 Å². The van der Waals surface area contributed by atoms with Crippen molar-refractivity contribution < 1.29 is 32.2 Å². The van der Waals surface area contributed by atoms with Crippen LogP contribution < -0.4 is 10.1 Å². The van der Waals surface area contributed by atoms with Crippen LogP contribution in [0.1, 0.15) is 21.7 Å². The van der Waals surface area contributed by atoms with Gasteiger partial charge in [0.05, 0.1) is 24.4 Å². The lowest BCUT2D eigenvalue weighted by molar-refractivity contribution is -0.137. The Balaban J connectivity index is 2.41. The number of ether oxygens (including phenoxy) is 2. The van der Waals surface area contributed by atoms with Crippen LogP contribution in [0.4, 0.5) is 18.9 Å². The number of hydrogen-bond acceptors (Lipinski definition) is 6. The summed E-state index contributed by atoms with van der Waals surface area (Å²) in [6.45, 7) is 0. The molecule has 0 atom stereocenters. The fraction of sp³-hybridized carbons (Fsp3) is 0.188. The molecule has 0 saturated heterocycles. The number of nitriles is 1. The van der Waals surface area contributed by atoms with E-state index in [2.05, 4.69) is 10.1 Å². The number of carbonyl (C=O) groups is 2. The van der Waals surface area contributed by atoms with Gasteiger partial charge in [-0.2, -0.15) is 18.4 Å². The van der Waals surface area contributed by atoms with Crippen LogP contribution >= 0.6 is 11.3 Å². The van der Waals surface area contributed by atoms with Gasteiger partial charge in [0.15, 0.2) is 16.4 Å². The van der Waals surface area contributed by atoms with Crippen molar-refractivity contribution in [1.29, 1.82) is 5.26 Å². The zero-order chi connectivity index (χ0) is 19.3. The molecule has 0 aliphatic carbocycles. The highest BCUT2D eigenvalue weighted by atomic mass is 32.1. The molecule has 0 radical (unpaired) electrons. The lowest BCUT2D eigenvalue weighted by Gasteiger charge is -2.14. The van der Waals surface area contributed by atoms with Gasteiger partial charge >= 0.3 is 12.1 Å². The van der Waals surface area contributed by atoms with Crippen LogP contribution in [0, 0.1) is 11.3 Å². The minimum absolute atomic E-state index is 0.0670. The number of thiophene rings is 1. The summed E-state index contributed by atoms with van der Waals surface area (Å²) < 4.78 is 48.8. The van der Waals surface area contributed by atoms with E-state index in [1.165, 1.54) is 13.2 Å². The van der Waals surface area contributed by atoms with E-state index >= 15 is 0 Å². The van der Waals surface area contributed by atoms with Crippen LogP contribution in [0.25, 0.3) is 0 Å². The molecule has 0 aliphatic rings. The zero-order valence-electron chi connectivity index (χ0n) is 13.2. The summed E-state index contributed by atoms with van der Waals surface area (Å²) in [5.41, 5.74) is -1.28. The van der Waals surface area contributed by atoms with Crippen molar-refractivity contribution in [2.24, 2.45) is 0 Å². The molecule has 26 heavy (non-hydrogen) atoms. The van der Waals surface area contributed by atoms with E-state index in [0.29, 0.717) is 6.07 Å².